The van der Waals surface area contributed by atoms with E-state index in [2.05, 4.69) is 108 Å². The van der Waals surface area contributed by atoms with Crippen LogP contribution in [0.1, 0.15) is 0 Å². The van der Waals surface area contributed by atoms with Gasteiger partial charge in [-0.3, -0.25) is 0 Å². The van der Waals surface area contributed by atoms with Crippen molar-refractivity contribution < 1.29 is 8.83 Å². The first kappa shape index (κ1) is 31.5. The Hall–Kier alpha value is -7.83. The van der Waals surface area contributed by atoms with Gasteiger partial charge in [0, 0.05) is 49.0 Å². The molecule has 0 bridgehead atoms. The van der Waals surface area contributed by atoms with Gasteiger partial charge in [0.25, 0.3) is 0 Å². The molecule has 0 atom stereocenters. The monoisotopic (exact) mass is 730 g/mol. The maximum absolute atomic E-state index is 6.82. The van der Waals surface area contributed by atoms with E-state index < -0.39 is 0 Å². The molecule has 0 saturated carbocycles. The summed E-state index contributed by atoms with van der Waals surface area (Å²) in [7, 11) is 0. The Labute approximate surface area is 325 Å². The molecule has 266 valence electrons. The van der Waals surface area contributed by atoms with E-state index >= 15 is 0 Å². The average Bonchev–Trinajstić information content (AvgIpc) is 3.96. The van der Waals surface area contributed by atoms with Crippen LogP contribution in [-0.4, -0.2) is 19.5 Å². The summed E-state index contributed by atoms with van der Waals surface area (Å²) >= 11 is 0. The summed E-state index contributed by atoms with van der Waals surface area (Å²) in [4.78, 5) is 15.1. The van der Waals surface area contributed by atoms with Crippen molar-refractivity contribution in [2.75, 3.05) is 0 Å². The normalized spacial score (nSPS) is 11.9. The quantitative estimate of drug-likeness (QED) is 0.176. The number of furan rings is 2. The Kier molecular flexibility index (Phi) is 6.83. The number of benzene rings is 8. The van der Waals surface area contributed by atoms with Gasteiger partial charge in [-0.1, -0.05) is 140 Å². The highest BCUT2D eigenvalue weighted by Gasteiger charge is 2.22. The molecular formula is C51H30N4O2. The van der Waals surface area contributed by atoms with Crippen molar-refractivity contribution in [3.8, 4) is 51.0 Å². The molecule has 0 aliphatic rings. The number of fused-ring (bicyclic) bond motifs is 9. The minimum absolute atomic E-state index is 0.583. The first-order chi connectivity index (χ1) is 28.3. The predicted molar refractivity (Wildman–Crippen MR) is 230 cm³/mol. The van der Waals surface area contributed by atoms with E-state index in [-0.39, 0.29) is 0 Å². The lowest BCUT2D eigenvalue weighted by Gasteiger charge is -2.12. The Morgan fingerprint density at radius 3 is 1.63 bits per heavy atom. The molecule has 4 heterocycles. The highest BCUT2D eigenvalue weighted by atomic mass is 16.3. The van der Waals surface area contributed by atoms with Crippen molar-refractivity contribution in [3.05, 3.63) is 182 Å². The second-order valence-corrected chi connectivity index (χ2v) is 14.3. The highest BCUT2D eigenvalue weighted by molar-refractivity contribution is 6.18. The predicted octanol–water partition coefficient (Wildman–Crippen LogP) is 13.4. The van der Waals surface area contributed by atoms with E-state index in [1.165, 1.54) is 10.8 Å². The molecule has 0 amide bonds. The Morgan fingerprint density at radius 2 is 0.930 bits per heavy atom. The summed E-state index contributed by atoms with van der Waals surface area (Å²) in [5.74, 6) is 1.81. The number of hydrogen-bond acceptors (Lipinski definition) is 5. The molecule has 6 nitrogen and oxygen atoms in total. The van der Waals surface area contributed by atoms with Crippen molar-refractivity contribution in [2.24, 2.45) is 0 Å². The van der Waals surface area contributed by atoms with Gasteiger partial charge in [-0.05, 0) is 53.6 Å². The molecule has 8 aromatic carbocycles. The van der Waals surface area contributed by atoms with Crippen LogP contribution >= 0.6 is 0 Å². The van der Waals surface area contributed by atoms with Crippen LogP contribution in [0.2, 0.25) is 0 Å². The summed E-state index contributed by atoms with van der Waals surface area (Å²) in [5, 5.41) is 6.48. The van der Waals surface area contributed by atoms with E-state index in [9.17, 15) is 0 Å². The summed E-state index contributed by atoms with van der Waals surface area (Å²) in [6.45, 7) is 0. The maximum Gasteiger partial charge on any atom is 0.164 e. The van der Waals surface area contributed by atoms with E-state index in [1.54, 1.807) is 0 Å². The van der Waals surface area contributed by atoms with Gasteiger partial charge in [-0.2, -0.15) is 0 Å². The number of nitrogens with zero attached hydrogens (tertiary/aromatic N) is 4. The molecule has 0 aliphatic heterocycles. The van der Waals surface area contributed by atoms with Gasteiger partial charge in [0.15, 0.2) is 23.1 Å². The molecule has 0 unspecified atom stereocenters. The molecule has 6 heteroatoms. The van der Waals surface area contributed by atoms with Crippen LogP contribution in [0.15, 0.2) is 191 Å². The van der Waals surface area contributed by atoms with Crippen LogP contribution in [0.4, 0.5) is 0 Å². The fourth-order valence-corrected chi connectivity index (χ4v) is 8.52. The molecule has 0 spiro atoms. The number of rotatable bonds is 5. The zero-order valence-electron chi connectivity index (χ0n) is 30.4. The number of aromatic nitrogens is 4. The second kappa shape index (κ2) is 12.3. The Morgan fingerprint density at radius 1 is 0.351 bits per heavy atom. The molecule has 0 N–H and O–H groups in total. The first-order valence-electron chi connectivity index (χ1n) is 19.0. The van der Waals surface area contributed by atoms with Gasteiger partial charge in [-0.25, -0.2) is 15.0 Å². The van der Waals surface area contributed by atoms with Crippen LogP contribution < -0.4 is 0 Å². The third-order valence-electron chi connectivity index (χ3n) is 11.1. The third-order valence-corrected chi connectivity index (χ3v) is 11.1. The number of para-hydroxylation sites is 3. The molecule has 0 fully saturated rings. The van der Waals surface area contributed by atoms with Crippen molar-refractivity contribution in [2.45, 2.75) is 0 Å². The molecule has 0 saturated heterocycles. The Bertz CT molecular complexity index is 3410. The SMILES string of the molecule is c1ccc(-c2nc(-c3ccccc3)nc(-c3cccc4oc5ccc(-c6ccc(-n7c8ccccc8c8ccccc87)c7oc8ccccc8c67)cc5c34)n2)cc1. The minimum atomic E-state index is 0.583. The van der Waals surface area contributed by atoms with Gasteiger partial charge < -0.3 is 13.4 Å². The van der Waals surface area contributed by atoms with E-state index in [1.807, 2.05) is 78.9 Å². The summed E-state index contributed by atoms with van der Waals surface area (Å²) in [6, 6.07) is 62.6. The largest absolute Gasteiger partial charge is 0.456 e. The average molecular weight is 731 g/mol. The topological polar surface area (TPSA) is 69.9 Å². The summed E-state index contributed by atoms with van der Waals surface area (Å²) < 4.78 is 15.7. The summed E-state index contributed by atoms with van der Waals surface area (Å²) in [5.41, 5.74) is 11.4. The smallest absolute Gasteiger partial charge is 0.164 e. The van der Waals surface area contributed by atoms with Gasteiger partial charge in [-0.15, -0.1) is 0 Å². The fraction of sp³-hybridized carbons (Fsp3) is 0. The number of hydrogen-bond donors (Lipinski definition) is 0. The standard InChI is InChI=1S/C51H30N4O2/c1-3-14-31(15-4-1)49-52-50(32-16-5-2-6-17-32)54-51(53-49)38-21-13-25-45-46(38)39-30-33(26-29-44(39)56-45)34-27-28-42(48-47(34)37-20-9-12-24-43(37)57-48)55-40-22-10-7-18-35(40)36-19-8-11-23-41(36)55/h1-30H. The molecule has 0 aliphatic carbocycles. The molecule has 57 heavy (non-hydrogen) atoms. The Balaban J connectivity index is 1.09. The fourth-order valence-electron chi connectivity index (χ4n) is 8.52. The van der Waals surface area contributed by atoms with Crippen LogP contribution in [0, 0.1) is 0 Å². The molecule has 12 aromatic rings. The van der Waals surface area contributed by atoms with E-state index in [0.717, 1.165) is 88.4 Å². The lowest BCUT2D eigenvalue weighted by molar-refractivity contribution is 0.666. The molecule has 0 radical (unpaired) electrons. The van der Waals surface area contributed by atoms with Crippen molar-refractivity contribution in [3.63, 3.8) is 0 Å². The van der Waals surface area contributed by atoms with Crippen LogP contribution in [0.5, 0.6) is 0 Å². The zero-order chi connectivity index (χ0) is 37.5. The van der Waals surface area contributed by atoms with Gasteiger partial charge in [0.1, 0.15) is 16.7 Å². The lowest BCUT2D eigenvalue weighted by Crippen LogP contribution is -2.00. The molecule has 4 aromatic heterocycles. The summed E-state index contributed by atoms with van der Waals surface area (Å²) in [6.07, 6.45) is 0. The van der Waals surface area contributed by atoms with Crippen LogP contribution in [-0.2, 0) is 0 Å². The van der Waals surface area contributed by atoms with Gasteiger partial charge >= 0.3 is 0 Å². The maximum atomic E-state index is 6.82. The third kappa shape index (κ3) is 4.87. The first-order valence-corrected chi connectivity index (χ1v) is 19.0. The van der Waals surface area contributed by atoms with E-state index in [0.29, 0.717) is 17.5 Å². The van der Waals surface area contributed by atoms with Crippen molar-refractivity contribution in [1.29, 1.82) is 0 Å². The second-order valence-electron chi connectivity index (χ2n) is 14.3. The molecule has 12 rings (SSSR count). The minimum Gasteiger partial charge on any atom is -0.456 e. The zero-order valence-corrected chi connectivity index (χ0v) is 30.4. The van der Waals surface area contributed by atoms with Crippen LogP contribution in [0.3, 0.4) is 0 Å². The van der Waals surface area contributed by atoms with Crippen molar-refractivity contribution in [1.82, 2.24) is 19.5 Å². The van der Waals surface area contributed by atoms with Crippen LogP contribution in [0.25, 0.3) is 117 Å². The molecular weight excluding hydrogens is 701 g/mol. The van der Waals surface area contributed by atoms with Crippen molar-refractivity contribution >= 4 is 65.7 Å². The van der Waals surface area contributed by atoms with E-state index in [4.69, 9.17) is 23.8 Å². The lowest BCUT2D eigenvalue weighted by atomic mass is 9.96. The highest BCUT2D eigenvalue weighted by Crippen LogP contribution is 2.44. The van der Waals surface area contributed by atoms with Gasteiger partial charge in [0.05, 0.1) is 16.7 Å². The van der Waals surface area contributed by atoms with Gasteiger partial charge in [0.2, 0.25) is 0 Å².